The summed E-state index contributed by atoms with van der Waals surface area (Å²) in [6.45, 7) is 2.02. The molecule has 0 aliphatic rings. The van der Waals surface area contributed by atoms with Crippen molar-refractivity contribution in [2.45, 2.75) is 19.7 Å². The van der Waals surface area contributed by atoms with Gasteiger partial charge in [0, 0.05) is 29.3 Å². The quantitative estimate of drug-likeness (QED) is 0.506. The van der Waals surface area contributed by atoms with Gasteiger partial charge in [-0.25, -0.2) is 0 Å². The summed E-state index contributed by atoms with van der Waals surface area (Å²) in [7, 11) is 0. The standard InChI is InChI=1S/C20H19BrN2O.2ClH/c21-18-9-10-20(24-15-16-6-2-1-3-7-16)17(12-18)13-22-14-19-8-4-5-11-23-19;;/h1-12,22H,13-15H2;2*1H. The molecule has 138 valence electrons. The molecule has 0 unspecified atom stereocenters. The van der Waals surface area contributed by atoms with Crippen LogP contribution in [0.1, 0.15) is 16.8 Å². The average Bonchev–Trinajstić information content (AvgIpc) is 2.63. The third-order valence-corrected chi connectivity index (χ3v) is 4.10. The molecule has 6 heteroatoms. The maximum absolute atomic E-state index is 6.00. The molecule has 2 aromatic carbocycles. The number of nitrogens with one attached hydrogen (secondary N) is 1. The molecule has 0 fully saturated rings. The van der Waals surface area contributed by atoms with E-state index in [1.807, 2.05) is 54.7 Å². The first-order chi connectivity index (χ1) is 11.8. The minimum absolute atomic E-state index is 0. The fourth-order valence-corrected chi connectivity index (χ4v) is 2.80. The van der Waals surface area contributed by atoms with Gasteiger partial charge in [0.05, 0.1) is 5.69 Å². The van der Waals surface area contributed by atoms with Crippen molar-refractivity contribution in [2.75, 3.05) is 0 Å². The van der Waals surface area contributed by atoms with E-state index in [1.165, 1.54) is 0 Å². The van der Waals surface area contributed by atoms with Crippen LogP contribution >= 0.6 is 40.7 Å². The smallest absolute Gasteiger partial charge is 0.124 e. The van der Waals surface area contributed by atoms with Crippen LogP contribution in [-0.2, 0) is 19.7 Å². The molecule has 0 saturated heterocycles. The highest BCUT2D eigenvalue weighted by Crippen LogP contribution is 2.24. The molecule has 1 heterocycles. The fourth-order valence-electron chi connectivity index (χ4n) is 2.39. The van der Waals surface area contributed by atoms with Crippen molar-refractivity contribution in [1.29, 1.82) is 0 Å². The molecule has 3 nitrogen and oxygen atoms in total. The number of hydrogen-bond acceptors (Lipinski definition) is 3. The number of hydrogen-bond donors (Lipinski definition) is 1. The topological polar surface area (TPSA) is 34.1 Å². The first-order valence-corrected chi connectivity index (χ1v) is 8.66. The molecule has 0 radical (unpaired) electrons. The predicted octanol–water partition coefficient (Wildman–Crippen LogP) is 5.56. The molecule has 0 spiro atoms. The Labute approximate surface area is 175 Å². The van der Waals surface area contributed by atoms with Crippen LogP contribution in [0, 0.1) is 0 Å². The second-order valence-corrected chi connectivity index (χ2v) is 6.37. The van der Waals surface area contributed by atoms with Crippen molar-refractivity contribution in [1.82, 2.24) is 10.3 Å². The number of aromatic nitrogens is 1. The molecule has 1 aromatic heterocycles. The minimum atomic E-state index is 0. The van der Waals surface area contributed by atoms with Crippen molar-refractivity contribution >= 4 is 40.7 Å². The molecule has 0 saturated carbocycles. The van der Waals surface area contributed by atoms with Crippen LogP contribution in [0.25, 0.3) is 0 Å². The summed E-state index contributed by atoms with van der Waals surface area (Å²) in [5.41, 5.74) is 3.31. The first-order valence-electron chi connectivity index (χ1n) is 7.87. The van der Waals surface area contributed by atoms with Crippen molar-refractivity contribution in [3.05, 3.63) is 94.2 Å². The van der Waals surface area contributed by atoms with Crippen LogP contribution in [0.2, 0.25) is 0 Å². The Bertz CT molecular complexity index is 773. The Morgan fingerprint density at radius 3 is 2.38 bits per heavy atom. The summed E-state index contributed by atoms with van der Waals surface area (Å²) in [6, 6.07) is 22.2. The van der Waals surface area contributed by atoms with Gasteiger partial charge in [0.15, 0.2) is 0 Å². The first kappa shape index (κ1) is 22.5. The van der Waals surface area contributed by atoms with E-state index >= 15 is 0 Å². The van der Waals surface area contributed by atoms with Gasteiger partial charge in [-0.1, -0.05) is 52.3 Å². The number of pyridine rings is 1. The molecular weight excluding hydrogens is 435 g/mol. The zero-order valence-corrected chi connectivity index (χ0v) is 17.3. The lowest BCUT2D eigenvalue weighted by Gasteiger charge is -2.13. The third-order valence-electron chi connectivity index (χ3n) is 3.61. The van der Waals surface area contributed by atoms with E-state index in [1.54, 1.807) is 0 Å². The second-order valence-electron chi connectivity index (χ2n) is 5.45. The van der Waals surface area contributed by atoms with Crippen LogP contribution in [0.5, 0.6) is 5.75 Å². The molecular formula is C20H21BrCl2N2O. The molecule has 26 heavy (non-hydrogen) atoms. The summed E-state index contributed by atoms with van der Waals surface area (Å²) in [5, 5.41) is 3.42. The minimum Gasteiger partial charge on any atom is -0.489 e. The number of halogens is 3. The molecule has 0 aliphatic carbocycles. The van der Waals surface area contributed by atoms with Crippen molar-refractivity contribution < 1.29 is 4.74 Å². The molecule has 0 bridgehead atoms. The number of nitrogens with zero attached hydrogens (tertiary/aromatic N) is 1. The Hall–Kier alpha value is -1.59. The molecule has 3 aromatic rings. The normalized spacial score (nSPS) is 9.73. The highest BCUT2D eigenvalue weighted by molar-refractivity contribution is 9.10. The van der Waals surface area contributed by atoms with Crippen LogP contribution in [-0.4, -0.2) is 4.98 Å². The van der Waals surface area contributed by atoms with Crippen LogP contribution in [0.15, 0.2) is 77.4 Å². The Kier molecular flexibility index (Phi) is 10.3. The molecule has 0 atom stereocenters. The highest BCUT2D eigenvalue weighted by Gasteiger charge is 2.05. The van der Waals surface area contributed by atoms with Crippen LogP contribution in [0.3, 0.4) is 0 Å². The van der Waals surface area contributed by atoms with Crippen LogP contribution < -0.4 is 10.1 Å². The zero-order chi connectivity index (χ0) is 16.6. The van der Waals surface area contributed by atoms with E-state index in [4.69, 9.17) is 4.74 Å². The van der Waals surface area contributed by atoms with Crippen LogP contribution in [0.4, 0.5) is 0 Å². The summed E-state index contributed by atoms with van der Waals surface area (Å²) in [6.07, 6.45) is 1.81. The lowest BCUT2D eigenvalue weighted by molar-refractivity contribution is 0.302. The summed E-state index contributed by atoms with van der Waals surface area (Å²) in [5.74, 6) is 0.899. The summed E-state index contributed by atoms with van der Waals surface area (Å²) < 4.78 is 7.05. The van der Waals surface area contributed by atoms with Gasteiger partial charge in [0.2, 0.25) is 0 Å². The maximum Gasteiger partial charge on any atom is 0.124 e. The van der Waals surface area contributed by atoms with Gasteiger partial charge in [-0.05, 0) is 35.9 Å². The van der Waals surface area contributed by atoms with Gasteiger partial charge in [-0.15, -0.1) is 24.8 Å². The molecule has 3 rings (SSSR count). The summed E-state index contributed by atoms with van der Waals surface area (Å²) in [4.78, 5) is 4.32. The largest absolute Gasteiger partial charge is 0.489 e. The number of rotatable bonds is 7. The third kappa shape index (κ3) is 6.96. The van der Waals surface area contributed by atoms with Gasteiger partial charge in [0.1, 0.15) is 12.4 Å². The van der Waals surface area contributed by atoms with Crippen molar-refractivity contribution in [3.8, 4) is 5.75 Å². The Morgan fingerprint density at radius 2 is 1.65 bits per heavy atom. The molecule has 1 N–H and O–H groups in total. The molecule has 0 aliphatic heterocycles. The Balaban J connectivity index is 0.00000169. The highest BCUT2D eigenvalue weighted by atomic mass is 79.9. The van der Waals surface area contributed by atoms with Gasteiger partial charge < -0.3 is 10.1 Å². The lowest BCUT2D eigenvalue weighted by atomic mass is 10.2. The lowest BCUT2D eigenvalue weighted by Crippen LogP contribution is -2.14. The van der Waals surface area contributed by atoms with Gasteiger partial charge >= 0.3 is 0 Å². The van der Waals surface area contributed by atoms with E-state index in [9.17, 15) is 0 Å². The van der Waals surface area contributed by atoms with Crippen molar-refractivity contribution in [3.63, 3.8) is 0 Å². The van der Waals surface area contributed by atoms with E-state index in [2.05, 4.69) is 44.4 Å². The van der Waals surface area contributed by atoms with E-state index < -0.39 is 0 Å². The second kappa shape index (κ2) is 11.9. The zero-order valence-electron chi connectivity index (χ0n) is 14.1. The Morgan fingerprint density at radius 1 is 0.885 bits per heavy atom. The van der Waals surface area contributed by atoms with E-state index in [0.29, 0.717) is 6.61 Å². The SMILES string of the molecule is Brc1ccc(OCc2ccccc2)c(CNCc2ccccn2)c1.Cl.Cl. The van der Waals surface area contributed by atoms with Gasteiger partial charge in [0.25, 0.3) is 0 Å². The van der Waals surface area contributed by atoms with Gasteiger partial charge in [-0.3, -0.25) is 4.98 Å². The fraction of sp³-hybridized carbons (Fsp3) is 0.150. The van der Waals surface area contributed by atoms with E-state index in [-0.39, 0.29) is 24.8 Å². The summed E-state index contributed by atoms with van der Waals surface area (Å²) >= 11 is 3.53. The maximum atomic E-state index is 6.00. The number of ether oxygens (including phenoxy) is 1. The van der Waals surface area contributed by atoms with Gasteiger partial charge in [-0.2, -0.15) is 0 Å². The molecule has 0 amide bonds. The average molecular weight is 456 g/mol. The van der Waals surface area contributed by atoms with E-state index in [0.717, 1.165) is 40.1 Å². The number of benzene rings is 2. The monoisotopic (exact) mass is 454 g/mol. The van der Waals surface area contributed by atoms with Crippen molar-refractivity contribution in [2.24, 2.45) is 0 Å². The predicted molar refractivity (Wildman–Crippen MR) is 114 cm³/mol.